The Labute approximate surface area is 126 Å². The minimum absolute atomic E-state index is 0.00399. The maximum Gasteiger partial charge on any atom is 0.0649 e. The van der Waals surface area contributed by atoms with Crippen LogP contribution in [-0.2, 0) is 9.47 Å². The largest absolute Gasteiger partial charge is 0.376 e. The molecule has 0 aliphatic heterocycles. The van der Waals surface area contributed by atoms with Gasteiger partial charge in [0.1, 0.15) is 0 Å². The summed E-state index contributed by atoms with van der Waals surface area (Å²) in [4.78, 5) is 0. The van der Waals surface area contributed by atoms with Gasteiger partial charge in [0, 0.05) is 0 Å². The third-order valence-corrected chi connectivity index (χ3v) is 4.88. The summed E-state index contributed by atoms with van der Waals surface area (Å²) >= 11 is 0. The highest BCUT2D eigenvalue weighted by Crippen LogP contribution is 2.31. The fourth-order valence-corrected chi connectivity index (χ4v) is 2.71. The lowest BCUT2D eigenvalue weighted by atomic mass is 9.82. The van der Waals surface area contributed by atoms with Crippen LogP contribution in [0.2, 0.25) is 0 Å². The predicted octanol–water partition coefficient (Wildman–Crippen LogP) is 5.20. The van der Waals surface area contributed by atoms with Crippen LogP contribution in [0.4, 0.5) is 0 Å². The SMILES string of the molecule is CCC(C)(CC)OCC1CCC(COC(C)(C)C)CC1. The molecule has 0 amide bonds. The fourth-order valence-electron chi connectivity index (χ4n) is 2.71. The van der Waals surface area contributed by atoms with E-state index in [2.05, 4.69) is 41.5 Å². The molecule has 0 atom stereocenters. The van der Waals surface area contributed by atoms with Crippen molar-refractivity contribution in [2.45, 2.75) is 91.3 Å². The van der Waals surface area contributed by atoms with Crippen LogP contribution in [-0.4, -0.2) is 24.4 Å². The predicted molar refractivity (Wildman–Crippen MR) is 86.1 cm³/mol. The Kier molecular flexibility index (Phi) is 7.00. The van der Waals surface area contributed by atoms with E-state index in [0.717, 1.165) is 37.9 Å². The maximum absolute atomic E-state index is 6.19. The van der Waals surface area contributed by atoms with Gasteiger partial charge in [-0.3, -0.25) is 0 Å². The van der Waals surface area contributed by atoms with E-state index in [1.165, 1.54) is 25.7 Å². The molecule has 0 aromatic heterocycles. The molecule has 0 unspecified atom stereocenters. The third-order valence-electron chi connectivity index (χ3n) is 4.88. The smallest absolute Gasteiger partial charge is 0.0649 e. The molecule has 0 aromatic rings. The van der Waals surface area contributed by atoms with Gasteiger partial charge in [0.2, 0.25) is 0 Å². The normalized spacial score (nSPS) is 24.9. The number of hydrogen-bond donors (Lipinski definition) is 0. The van der Waals surface area contributed by atoms with E-state index in [0.29, 0.717) is 0 Å². The molecule has 120 valence electrons. The van der Waals surface area contributed by atoms with E-state index in [1.54, 1.807) is 0 Å². The van der Waals surface area contributed by atoms with Gasteiger partial charge in [0.15, 0.2) is 0 Å². The second kappa shape index (κ2) is 7.79. The average molecular weight is 284 g/mol. The zero-order chi connectivity index (χ0) is 15.2. The second-order valence-electron chi connectivity index (χ2n) is 7.78. The summed E-state index contributed by atoms with van der Waals surface area (Å²) in [6.07, 6.45) is 7.44. The van der Waals surface area contributed by atoms with Crippen molar-refractivity contribution in [2.75, 3.05) is 13.2 Å². The van der Waals surface area contributed by atoms with Gasteiger partial charge in [-0.2, -0.15) is 0 Å². The Morgan fingerprint density at radius 2 is 1.15 bits per heavy atom. The third kappa shape index (κ3) is 6.58. The quantitative estimate of drug-likeness (QED) is 0.639. The van der Waals surface area contributed by atoms with Crippen molar-refractivity contribution in [1.82, 2.24) is 0 Å². The molecule has 0 bridgehead atoms. The van der Waals surface area contributed by atoms with Crippen LogP contribution in [0.15, 0.2) is 0 Å². The van der Waals surface area contributed by atoms with Crippen molar-refractivity contribution in [2.24, 2.45) is 11.8 Å². The van der Waals surface area contributed by atoms with Crippen molar-refractivity contribution in [3.8, 4) is 0 Å². The molecule has 1 rings (SSSR count). The number of hydrogen-bond acceptors (Lipinski definition) is 2. The molecule has 0 saturated heterocycles. The number of rotatable bonds is 7. The fraction of sp³-hybridized carbons (Fsp3) is 1.00. The first-order valence-corrected chi connectivity index (χ1v) is 8.56. The van der Waals surface area contributed by atoms with Crippen molar-refractivity contribution < 1.29 is 9.47 Å². The lowest BCUT2D eigenvalue weighted by molar-refractivity contribution is -0.0657. The monoisotopic (exact) mass is 284 g/mol. The molecule has 2 heteroatoms. The standard InChI is InChI=1S/C18H36O2/c1-7-18(6,8-2)20-14-16-11-9-15(10-12-16)13-19-17(3,4)5/h15-16H,7-14H2,1-6H3. The lowest BCUT2D eigenvalue weighted by Crippen LogP contribution is -2.31. The molecule has 0 N–H and O–H groups in total. The minimum Gasteiger partial charge on any atom is -0.376 e. The molecule has 0 radical (unpaired) electrons. The molecular weight excluding hydrogens is 248 g/mol. The first-order chi connectivity index (χ1) is 9.28. The van der Waals surface area contributed by atoms with Crippen molar-refractivity contribution in [1.29, 1.82) is 0 Å². The van der Waals surface area contributed by atoms with Crippen molar-refractivity contribution >= 4 is 0 Å². The first-order valence-electron chi connectivity index (χ1n) is 8.56. The Morgan fingerprint density at radius 1 is 0.750 bits per heavy atom. The van der Waals surface area contributed by atoms with Gasteiger partial charge >= 0.3 is 0 Å². The molecule has 1 aliphatic carbocycles. The number of ether oxygens (including phenoxy) is 2. The molecular formula is C18H36O2. The Bertz CT molecular complexity index is 255. The molecule has 0 spiro atoms. The van der Waals surface area contributed by atoms with Crippen molar-refractivity contribution in [3.05, 3.63) is 0 Å². The van der Waals surface area contributed by atoms with Gasteiger partial charge in [0.25, 0.3) is 0 Å². The summed E-state index contributed by atoms with van der Waals surface area (Å²) < 4.78 is 12.1. The summed E-state index contributed by atoms with van der Waals surface area (Å²) in [5.74, 6) is 1.52. The van der Waals surface area contributed by atoms with Crippen LogP contribution < -0.4 is 0 Å². The van der Waals surface area contributed by atoms with Crippen LogP contribution in [0.25, 0.3) is 0 Å². The molecule has 0 aromatic carbocycles. The maximum atomic E-state index is 6.19. The molecule has 0 heterocycles. The molecule has 1 aliphatic rings. The molecule has 1 fully saturated rings. The van der Waals surface area contributed by atoms with E-state index < -0.39 is 0 Å². The summed E-state index contributed by atoms with van der Waals surface area (Å²) in [5, 5.41) is 0. The summed E-state index contributed by atoms with van der Waals surface area (Å²) in [7, 11) is 0. The summed E-state index contributed by atoms with van der Waals surface area (Å²) in [5.41, 5.74) is 0.0935. The van der Waals surface area contributed by atoms with Gasteiger partial charge in [-0.05, 0) is 78.1 Å². The van der Waals surface area contributed by atoms with Gasteiger partial charge in [-0.25, -0.2) is 0 Å². The minimum atomic E-state index is 0.00399. The second-order valence-corrected chi connectivity index (χ2v) is 7.78. The van der Waals surface area contributed by atoms with Gasteiger partial charge in [-0.1, -0.05) is 13.8 Å². The van der Waals surface area contributed by atoms with Gasteiger partial charge in [-0.15, -0.1) is 0 Å². The van der Waals surface area contributed by atoms with Crippen LogP contribution >= 0.6 is 0 Å². The van der Waals surface area contributed by atoms with E-state index in [9.17, 15) is 0 Å². The Hall–Kier alpha value is -0.0800. The van der Waals surface area contributed by atoms with Crippen LogP contribution in [0.5, 0.6) is 0 Å². The molecule has 20 heavy (non-hydrogen) atoms. The highest BCUT2D eigenvalue weighted by molar-refractivity contribution is 4.76. The van der Waals surface area contributed by atoms with E-state index in [4.69, 9.17) is 9.47 Å². The van der Waals surface area contributed by atoms with Crippen LogP contribution in [0.3, 0.4) is 0 Å². The highest BCUT2D eigenvalue weighted by atomic mass is 16.5. The Balaban J connectivity index is 2.22. The van der Waals surface area contributed by atoms with Crippen molar-refractivity contribution in [3.63, 3.8) is 0 Å². The first kappa shape index (κ1) is 18.0. The van der Waals surface area contributed by atoms with E-state index in [1.807, 2.05) is 0 Å². The lowest BCUT2D eigenvalue weighted by Gasteiger charge is -2.34. The zero-order valence-corrected chi connectivity index (χ0v) is 14.6. The highest BCUT2D eigenvalue weighted by Gasteiger charge is 2.26. The summed E-state index contributed by atoms with van der Waals surface area (Å²) in [6, 6.07) is 0. The topological polar surface area (TPSA) is 18.5 Å². The van der Waals surface area contributed by atoms with Crippen LogP contribution in [0, 0.1) is 11.8 Å². The van der Waals surface area contributed by atoms with Gasteiger partial charge < -0.3 is 9.47 Å². The average Bonchev–Trinajstić information content (AvgIpc) is 2.43. The zero-order valence-electron chi connectivity index (χ0n) is 14.6. The molecule has 2 nitrogen and oxygen atoms in total. The Morgan fingerprint density at radius 3 is 1.50 bits per heavy atom. The molecule has 1 saturated carbocycles. The van der Waals surface area contributed by atoms with Crippen LogP contribution in [0.1, 0.15) is 80.1 Å². The van der Waals surface area contributed by atoms with E-state index >= 15 is 0 Å². The van der Waals surface area contributed by atoms with Gasteiger partial charge in [0.05, 0.1) is 24.4 Å². The van der Waals surface area contributed by atoms with E-state index in [-0.39, 0.29) is 11.2 Å². The summed E-state index contributed by atoms with van der Waals surface area (Å²) in [6.45, 7) is 15.0.